The monoisotopic (exact) mass is 554 g/mol. The maximum absolute atomic E-state index is 15.3. The lowest BCUT2D eigenvalue weighted by atomic mass is 9.88. The number of ether oxygens (including phenoxy) is 3. The normalized spacial score (nSPS) is 17.1. The zero-order chi connectivity index (χ0) is 28.8. The number of aryl methyl sites for hydroxylation is 3. The highest BCUT2D eigenvalue weighted by molar-refractivity contribution is 5.79. The Balaban J connectivity index is 1.30. The first-order chi connectivity index (χ1) is 19.7. The molecule has 0 radical (unpaired) electrons. The zero-order valence-corrected chi connectivity index (χ0v) is 23.5. The van der Waals surface area contributed by atoms with E-state index >= 15 is 4.39 Å². The second kappa shape index (κ2) is 10.5. The molecule has 3 aromatic carbocycles. The fraction of sp³-hybridized carbons (Fsp3) is 0.303. The fourth-order valence-electron chi connectivity index (χ4n) is 6.19. The number of hydrogen-bond acceptors (Lipinski definition) is 6. The molecule has 1 aliphatic heterocycles. The van der Waals surface area contributed by atoms with Crippen LogP contribution in [0.5, 0.6) is 11.5 Å². The van der Waals surface area contributed by atoms with Crippen LogP contribution in [0.25, 0.3) is 22.3 Å². The molecule has 0 bridgehead atoms. The minimum Gasteiger partial charge on any atom is -0.492 e. The summed E-state index contributed by atoms with van der Waals surface area (Å²) >= 11 is 0. The van der Waals surface area contributed by atoms with Crippen LogP contribution < -0.4 is 15.2 Å². The number of hydrogen-bond donors (Lipinski definition) is 0. The summed E-state index contributed by atoms with van der Waals surface area (Å²) in [7, 11) is 3.07. The van der Waals surface area contributed by atoms with Crippen molar-refractivity contribution >= 4 is 5.97 Å². The molecule has 1 aromatic heterocycles. The van der Waals surface area contributed by atoms with Crippen LogP contribution in [-0.4, -0.2) is 29.2 Å². The predicted octanol–water partition coefficient (Wildman–Crippen LogP) is 5.98. The number of halogens is 1. The van der Waals surface area contributed by atoms with Crippen LogP contribution in [0, 0.1) is 19.7 Å². The second-order valence-electron chi connectivity index (χ2n) is 10.8. The molecule has 7 nitrogen and oxygen atoms in total. The summed E-state index contributed by atoms with van der Waals surface area (Å²) in [6.07, 6.45) is 4.57. The van der Waals surface area contributed by atoms with Gasteiger partial charge in [-0.2, -0.15) is 0 Å². The van der Waals surface area contributed by atoms with Gasteiger partial charge in [0.2, 0.25) is 0 Å². The van der Waals surface area contributed by atoms with Crippen LogP contribution in [-0.2, 0) is 23.0 Å². The third-order valence-corrected chi connectivity index (χ3v) is 8.15. The number of rotatable bonds is 6. The van der Waals surface area contributed by atoms with Gasteiger partial charge >= 0.3 is 11.7 Å². The zero-order valence-electron chi connectivity index (χ0n) is 23.5. The van der Waals surface area contributed by atoms with Gasteiger partial charge in [-0.25, -0.2) is 14.2 Å². The van der Waals surface area contributed by atoms with Gasteiger partial charge < -0.3 is 18.8 Å². The van der Waals surface area contributed by atoms with E-state index in [4.69, 9.17) is 14.2 Å². The molecule has 0 spiro atoms. The largest absolute Gasteiger partial charge is 0.492 e. The van der Waals surface area contributed by atoms with Crippen LogP contribution in [0.2, 0.25) is 0 Å². The highest BCUT2D eigenvalue weighted by atomic mass is 19.1. The van der Waals surface area contributed by atoms with Crippen LogP contribution in [0.3, 0.4) is 0 Å². The number of aromatic nitrogens is 2. The summed E-state index contributed by atoms with van der Waals surface area (Å²) in [5.41, 5.74) is 8.25. The molecule has 0 fully saturated rings. The SMILES string of the molecule is COC(=O)CC1COc2cc(O[C@@H]3CCc4c(-c5c(C)cc(-c6cnc(=O)n(C)c6)cc5C)ccc(F)c43)ccc21. The van der Waals surface area contributed by atoms with Crippen molar-refractivity contribution in [2.24, 2.45) is 7.05 Å². The fourth-order valence-corrected chi connectivity index (χ4v) is 6.19. The Morgan fingerprint density at radius 2 is 1.90 bits per heavy atom. The summed E-state index contributed by atoms with van der Waals surface area (Å²) in [4.78, 5) is 27.5. The van der Waals surface area contributed by atoms with Crippen molar-refractivity contribution in [3.8, 4) is 33.8 Å². The van der Waals surface area contributed by atoms with Crippen molar-refractivity contribution in [1.29, 1.82) is 0 Å². The molecule has 6 rings (SSSR count). The smallest absolute Gasteiger partial charge is 0.347 e. The molecule has 0 saturated heterocycles. The quantitative estimate of drug-likeness (QED) is 0.273. The molecule has 1 unspecified atom stereocenters. The number of carbonyl (C=O) groups is 1. The second-order valence-corrected chi connectivity index (χ2v) is 10.8. The van der Waals surface area contributed by atoms with Crippen molar-refractivity contribution in [2.75, 3.05) is 13.7 Å². The molecule has 0 amide bonds. The Morgan fingerprint density at radius 3 is 2.63 bits per heavy atom. The van der Waals surface area contributed by atoms with E-state index in [1.807, 2.05) is 24.3 Å². The van der Waals surface area contributed by atoms with Crippen LogP contribution in [0.4, 0.5) is 4.39 Å². The van der Waals surface area contributed by atoms with Crippen molar-refractivity contribution < 1.29 is 23.4 Å². The van der Waals surface area contributed by atoms with Crippen molar-refractivity contribution in [2.45, 2.75) is 45.1 Å². The highest BCUT2D eigenvalue weighted by Crippen LogP contribution is 2.45. The summed E-state index contributed by atoms with van der Waals surface area (Å²) in [5, 5.41) is 0. The van der Waals surface area contributed by atoms with Gasteiger partial charge in [0, 0.05) is 48.1 Å². The van der Waals surface area contributed by atoms with Gasteiger partial charge in [-0.3, -0.25) is 4.79 Å². The Hall–Kier alpha value is -4.46. The number of benzene rings is 3. The van der Waals surface area contributed by atoms with Gasteiger partial charge in [0.05, 0.1) is 20.1 Å². The molecule has 2 aliphatic rings. The van der Waals surface area contributed by atoms with E-state index in [1.54, 1.807) is 19.4 Å². The van der Waals surface area contributed by atoms with Crippen LogP contribution >= 0.6 is 0 Å². The summed E-state index contributed by atoms with van der Waals surface area (Å²) < 4.78 is 33.8. The first-order valence-electron chi connectivity index (χ1n) is 13.7. The third-order valence-electron chi connectivity index (χ3n) is 8.15. The molecule has 2 atom stereocenters. The highest BCUT2D eigenvalue weighted by Gasteiger charge is 2.32. The number of methoxy groups -OCH3 is 1. The molecule has 1 aliphatic carbocycles. The lowest BCUT2D eigenvalue weighted by molar-refractivity contribution is -0.141. The maximum atomic E-state index is 15.3. The standard InChI is InChI=1S/C33H31FN2O5/c1-18-11-20(22-15-35-33(38)36(3)16-22)12-19(2)31(18)25-7-9-27(34)32-26(25)8-10-28(32)41-23-5-6-24-21(13-30(37)39-4)17-40-29(24)14-23/h5-7,9,11-12,14-16,21,28H,8,10,13,17H2,1-4H3/t21?,28-/m1/s1. The minimum atomic E-state index is -0.424. The number of nitrogens with zero attached hydrogens (tertiary/aromatic N) is 2. The van der Waals surface area contributed by atoms with E-state index in [0.29, 0.717) is 36.5 Å². The number of fused-ring (bicyclic) bond motifs is 2. The van der Waals surface area contributed by atoms with E-state index < -0.39 is 6.10 Å². The molecule has 4 aromatic rings. The van der Waals surface area contributed by atoms with Crippen molar-refractivity contribution in [3.63, 3.8) is 0 Å². The topological polar surface area (TPSA) is 79.7 Å². The molecule has 0 saturated carbocycles. The van der Waals surface area contributed by atoms with E-state index in [0.717, 1.165) is 44.5 Å². The van der Waals surface area contributed by atoms with Gasteiger partial charge in [0.25, 0.3) is 0 Å². The van der Waals surface area contributed by atoms with E-state index in [9.17, 15) is 9.59 Å². The summed E-state index contributed by atoms with van der Waals surface area (Å²) in [5.74, 6) is 0.688. The lowest BCUT2D eigenvalue weighted by Crippen LogP contribution is -2.18. The summed E-state index contributed by atoms with van der Waals surface area (Å²) in [6, 6.07) is 13.2. The Bertz CT molecular complexity index is 1720. The molecule has 0 N–H and O–H groups in total. The Labute approximate surface area is 237 Å². The van der Waals surface area contributed by atoms with Gasteiger partial charge in [-0.05, 0) is 72.2 Å². The van der Waals surface area contributed by atoms with Crippen LogP contribution in [0.15, 0.2) is 59.7 Å². The van der Waals surface area contributed by atoms with Gasteiger partial charge in [-0.15, -0.1) is 0 Å². The van der Waals surface area contributed by atoms with Gasteiger partial charge in [0.15, 0.2) is 0 Å². The van der Waals surface area contributed by atoms with Crippen molar-refractivity contribution in [3.05, 3.63) is 99.0 Å². The Kier molecular flexibility index (Phi) is 6.85. The average Bonchev–Trinajstić information content (AvgIpc) is 3.55. The van der Waals surface area contributed by atoms with E-state index in [2.05, 4.69) is 31.0 Å². The third kappa shape index (κ3) is 4.88. The van der Waals surface area contributed by atoms with Gasteiger partial charge in [-0.1, -0.05) is 24.3 Å². The maximum Gasteiger partial charge on any atom is 0.347 e. The van der Waals surface area contributed by atoms with Gasteiger partial charge in [0.1, 0.15) is 23.4 Å². The van der Waals surface area contributed by atoms with E-state index in [1.165, 1.54) is 17.7 Å². The predicted molar refractivity (Wildman–Crippen MR) is 153 cm³/mol. The summed E-state index contributed by atoms with van der Waals surface area (Å²) in [6.45, 7) is 4.52. The minimum absolute atomic E-state index is 0.0540. The van der Waals surface area contributed by atoms with Crippen molar-refractivity contribution in [1.82, 2.24) is 9.55 Å². The number of carbonyl (C=O) groups excluding carboxylic acids is 1. The Morgan fingerprint density at radius 1 is 1.12 bits per heavy atom. The molecule has 8 heteroatoms. The molecule has 41 heavy (non-hydrogen) atoms. The van der Waals surface area contributed by atoms with E-state index in [-0.39, 0.29) is 29.8 Å². The molecule has 2 heterocycles. The first-order valence-corrected chi connectivity index (χ1v) is 13.7. The molecule has 210 valence electrons. The number of esters is 1. The molecular formula is C33H31FN2O5. The lowest BCUT2D eigenvalue weighted by Gasteiger charge is -2.19. The first kappa shape index (κ1) is 26.7. The molecular weight excluding hydrogens is 523 g/mol. The van der Waals surface area contributed by atoms with Crippen LogP contribution in [0.1, 0.15) is 52.7 Å². The average molecular weight is 555 g/mol.